The van der Waals surface area contributed by atoms with Crippen LogP contribution in [0.4, 0.5) is 4.39 Å². The molecule has 1 rings (SSSR count). The molecule has 0 saturated carbocycles. The van der Waals surface area contributed by atoms with Gasteiger partial charge in [-0.05, 0) is 23.8 Å². The molecule has 84 valence electrons. The van der Waals surface area contributed by atoms with Crippen molar-refractivity contribution < 1.29 is 14.3 Å². The summed E-state index contributed by atoms with van der Waals surface area (Å²) in [7, 11) is 0. The van der Waals surface area contributed by atoms with Gasteiger partial charge in [0.25, 0.3) is 0 Å². The van der Waals surface area contributed by atoms with Gasteiger partial charge >= 0.3 is 5.97 Å². The van der Waals surface area contributed by atoms with Crippen molar-refractivity contribution in [1.82, 2.24) is 5.32 Å². The van der Waals surface area contributed by atoms with Crippen molar-refractivity contribution in [3.8, 4) is 12.3 Å². The SMILES string of the molecule is C#CCNC(C(=O)O)c1cc(F)ccc1Br. The lowest BCUT2D eigenvalue weighted by atomic mass is 10.1. The highest BCUT2D eigenvalue weighted by molar-refractivity contribution is 9.10. The third kappa shape index (κ3) is 3.05. The van der Waals surface area contributed by atoms with E-state index < -0.39 is 17.8 Å². The van der Waals surface area contributed by atoms with Gasteiger partial charge in [0.05, 0.1) is 6.54 Å². The topological polar surface area (TPSA) is 49.3 Å². The number of rotatable bonds is 4. The van der Waals surface area contributed by atoms with Gasteiger partial charge in [0.15, 0.2) is 0 Å². The highest BCUT2D eigenvalue weighted by Crippen LogP contribution is 2.24. The Morgan fingerprint density at radius 2 is 2.38 bits per heavy atom. The minimum absolute atomic E-state index is 0.0971. The number of carbonyl (C=O) groups is 1. The van der Waals surface area contributed by atoms with Crippen LogP contribution < -0.4 is 5.32 Å². The average Bonchev–Trinajstić information content (AvgIpc) is 2.23. The van der Waals surface area contributed by atoms with Crippen LogP contribution in [0.5, 0.6) is 0 Å². The first-order valence-electron chi connectivity index (χ1n) is 4.41. The number of hydrogen-bond donors (Lipinski definition) is 2. The molecule has 5 heteroatoms. The first kappa shape index (κ1) is 12.7. The van der Waals surface area contributed by atoms with E-state index in [-0.39, 0.29) is 6.54 Å². The zero-order valence-electron chi connectivity index (χ0n) is 8.21. The third-order valence-corrected chi connectivity index (χ3v) is 2.65. The fourth-order valence-electron chi connectivity index (χ4n) is 1.23. The molecule has 0 spiro atoms. The van der Waals surface area contributed by atoms with Crippen molar-refractivity contribution in [3.63, 3.8) is 0 Å². The predicted octanol–water partition coefficient (Wildman–Crippen LogP) is 1.94. The van der Waals surface area contributed by atoms with Gasteiger partial charge in [0.1, 0.15) is 11.9 Å². The van der Waals surface area contributed by atoms with Crippen LogP contribution in [0.25, 0.3) is 0 Å². The molecule has 1 unspecified atom stereocenters. The Bertz CT molecular complexity index is 442. The van der Waals surface area contributed by atoms with Crippen molar-refractivity contribution in [3.05, 3.63) is 34.1 Å². The van der Waals surface area contributed by atoms with E-state index in [1.807, 2.05) is 0 Å². The van der Waals surface area contributed by atoms with E-state index in [0.717, 1.165) is 6.07 Å². The van der Waals surface area contributed by atoms with Crippen molar-refractivity contribution in [2.45, 2.75) is 6.04 Å². The zero-order valence-corrected chi connectivity index (χ0v) is 9.79. The maximum Gasteiger partial charge on any atom is 0.325 e. The average molecular weight is 286 g/mol. The molecule has 1 aromatic carbocycles. The lowest BCUT2D eigenvalue weighted by Gasteiger charge is -2.14. The largest absolute Gasteiger partial charge is 0.480 e. The van der Waals surface area contributed by atoms with Gasteiger partial charge in [-0.25, -0.2) is 4.39 Å². The first-order valence-corrected chi connectivity index (χ1v) is 5.20. The van der Waals surface area contributed by atoms with Gasteiger partial charge in [0.2, 0.25) is 0 Å². The van der Waals surface area contributed by atoms with Crippen molar-refractivity contribution in [2.75, 3.05) is 6.54 Å². The van der Waals surface area contributed by atoms with Gasteiger partial charge in [-0.1, -0.05) is 21.9 Å². The molecule has 2 N–H and O–H groups in total. The van der Waals surface area contributed by atoms with Crippen LogP contribution in [0, 0.1) is 18.2 Å². The van der Waals surface area contributed by atoms with Gasteiger partial charge in [-0.2, -0.15) is 0 Å². The van der Waals surface area contributed by atoms with E-state index in [0.29, 0.717) is 10.0 Å². The number of benzene rings is 1. The Balaban J connectivity index is 3.06. The fourth-order valence-corrected chi connectivity index (χ4v) is 1.70. The Kier molecular flexibility index (Phi) is 4.47. The molecule has 0 saturated heterocycles. The van der Waals surface area contributed by atoms with Crippen LogP contribution in [0.15, 0.2) is 22.7 Å². The van der Waals surface area contributed by atoms with E-state index in [1.165, 1.54) is 12.1 Å². The van der Waals surface area contributed by atoms with Crippen molar-refractivity contribution in [1.29, 1.82) is 0 Å². The van der Waals surface area contributed by atoms with E-state index in [2.05, 4.69) is 27.2 Å². The molecule has 0 bridgehead atoms. The predicted molar refractivity (Wildman–Crippen MR) is 61.3 cm³/mol. The minimum Gasteiger partial charge on any atom is -0.480 e. The van der Waals surface area contributed by atoms with Crippen LogP contribution in [0.1, 0.15) is 11.6 Å². The summed E-state index contributed by atoms with van der Waals surface area (Å²) in [6.07, 6.45) is 5.03. The number of nitrogens with one attached hydrogen (secondary N) is 1. The molecule has 0 fully saturated rings. The molecule has 3 nitrogen and oxygen atoms in total. The Hall–Kier alpha value is -1.38. The highest BCUT2D eigenvalue weighted by Gasteiger charge is 2.21. The van der Waals surface area contributed by atoms with Gasteiger partial charge in [0, 0.05) is 4.47 Å². The second-order valence-corrected chi connectivity index (χ2v) is 3.88. The molecule has 1 atom stereocenters. The molecule has 0 heterocycles. The van der Waals surface area contributed by atoms with Crippen LogP contribution in [0.2, 0.25) is 0 Å². The monoisotopic (exact) mass is 285 g/mol. The van der Waals surface area contributed by atoms with Crippen LogP contribution in [0.3, 0.4) is 0 Å². The summed E-state index contributed by atoms with van der Waals surface area (Å²) in [5.74, 6) is 0.670. The third-order valence-electron chi connectivity index (χ3n) is 1.92. The summed E-state index contributed by atoms with van der Waals surface area (Å²) in [5.41, 5.74) is 0.308. The van der Waals surface area contributed by atoms with Gasteiger partial charge in [-0.3, -0.25) is 10.1 Å². The standard InChI is InChI=1S/C11H9BrFNO2/c1-2-5-14-10(11(15)16)8-6-7(13)3-4-9(8)12/h1,3-4,6,10,14H,5H2,(H,15,16). The molecule has 0 aliphatic carbocycles. The lowest BCUT2D eigenvalue weighted by Crippen LogP contribution is -2.29. The number of hydrogen-bond acceptors (Lipinski definition) is 2. The summed E-state index contributed by atoms with van der Waals surface area (Å²) >= 11 is 3.17. The Morgan fingerprint density at radius 3 is 2.94 bits per heavy atom. The van der Waals surface area contributed by atoms with Crippen LogP contribution in [-0.2, 0) is 4.79 Å². The van der Waals surface area contributed by atoms with E-state index in [1.54, 1.807) is 0 Å². The smallest absolute Gasteiger partial charge is 0.325 e. The maximum atomic E-state index is 13.0. The molecular formula is C11H9BrFNO2. The Labute approximate surface area is 101 Å². The molecular weight excluding hydrogens is 277 g/mol. The Morgan fingerprint density at radius 1 is 1.69 bits per heavy atom. The lowest BCUT2D eigenvalue weighted by molar-refractivity contribution is -0.139. The highest BCUT2D eigenvalue weighted by atomic mass is 79.9. The summed E-state index contributed by atoms with van der Waals surface area (Å²) in [6.45, 7) is 0.0971. The van der Waals surface area contributed by atoms with Crippen molar-refractivity contribution in [2.24, 2.45) is 0 Å². The van der Waals surface area contributed by atoms with E-state index in [9.17, 15) is 9.18 Å². The van der Waals surface area contributed by atoms with E-state index >= 15 is 0 Å². The van der Waals surface area contributed by atoms with E-state index in [4.69, 9.17) is 11.5 Å². The first-order chi connectivity index (χ1) is 7.56. The molecule has 16 heavy (non-hydrogen) atoms. The van der Waals surface area contributed by atoms with Gasteiger partial charge < -0.3 is 5.11 Å². The number of carboxylic acids is 1. The second-order valence-electron chi connectivity index (χ2n) is 3.02. The van der Waals surface area contributed by atoms with Crippen LogP contribution in [-0.4, -0.2) is 17.6 Å². The molecule has 0 radical (unpaired) electrons. The number of carboxylic acid groups (broad SMARTS) is 1. The summed E-state index contributed by atoms with van der Waals surface area (Å²) in [4.78, 5) is 11.0. The number of aliphatic carboxylic acids is 1. The normalized spacial score (nSPS) is 11.8. The molecule has 1 aromatic rings. The summed E-state index contributed by atoms with van der Waals surface area (Å²) in [6, 6.07) is 2.83. The quantitative estimate of drug-likeness (QED) is 0.832. The zero-order chi connectivity index (χ0) is 12.1. The summed E-state index contributed by atoms with van der Waals surface area (Å²) in [5, 5.41) is 11.6. The number of halogens is 2. The summed E-state index contributed by atoms with van der Waals surface area (Å²) < 4.78 is 13.5. The van der Waals surface area contributed by atoms with Crippen molar-refractivity contribution >= 4 is 21.9 Å². The van der Waals surface area contributed by atoms with Gasteiger partial charge in [-0.15, -0.1) is 6.42 Å². The minimum atomic E-state index is -1.11. The fraction of sp³-hybridized carbons (Fsp3) is 0.182. The van der Waals surface area contributed by atoms with Crippen LogP contribution >= 0.6 is 15.9 Å². The molecule has 0 amide bonds. The molecule has 0 aliphatic rings. The second kappa shape index (κ2) is 5.64. The number of terminal acetylenes is 1. The molecule has 0 aromatic heterocycles. The maximum absolute atomic E-state index is 13.0. The molecule has 0 aliphatic heterocycles.